The highest BCUT2D eigenvalue weighted by Gasteiger charge is 2.68. The van der Waals surface area contributed by atoms with E-state index in [2.05, 4.69) is 27.7 Å². The molecule has 1 N–H and O–H groups in total. The zero-order chi connectivity index (χ0) is 11.9. The highest BCUT2D eigenvalue weighted by molar-refractivity contribution is 5.84. The standard InChI is InChI=1S/C12H23NO2/c1-6-13(7-8-14)10(15)9-11(2,3)12(9,4)5/h9,14H,6-8H2,1-5H3. The molecular weight excluding hydrogens is 190 g/mol. The molecule has 1 fully saturated rings. The van der Waals surface area contributed by atoms with Crippen molar-refractivity contribution in [1.29, 1.82) is 0 Å². The van der Waals surface area contributed by atoms with Gasteiger partial charge in [0.05, 0.1) is 6.61 Å². The summed E-state index contributed by atoms with van der Waals surface area (Å²) in [6, 6.07) is 0. The van der Waals surface area contributed by atoms with E-state index < -0.39 is 0 Å². The first-order chi connectivity index (χ1) is 6.80. The van der Waals surface area contributed by atoms with E-state index >= 15 is 0 Å². The summed E-state index contributed by atoms with van der Waals surface area (Å²) in [6.45, 7) is 11.7. The lowest BCUT2D eigenvalue weighted by Crippen LogP contribution is -2.35. The first-order valence-corrected chi connectivity index (χ1v) is 5.70. The number of nitrogens with zero attached hydrogens (tertiary/aromatic N) is 1. The number of likely N-dealkylation sites (N-methyl/N-ethyl adjacent to an activating group) is 1. The lowest BCUT2D eigenvalue weighted by molar-refractivity contribution is -0.134. The summed E-state index contributed by atoms with van der Waals surface area (Å²) in [7, 11) is 0. The van der Waals surface area contributed by atoms with Crippen molar-refractivity contribution in [3.05, 3.63) is 0 Å². The molecule has 0 aliphatic heterocycles. The molecule has 0 spiro atoms. The Kier molecular flexibility index (Phi) is 3.15. The van der Waals surface area contributed by atoms with E-state index in [0.717, 1.165) is 0 Å². The molecule has 1 saturated carbocycles. The first-order valence-electron chi connectivity index (χ1n) is 5.70. The van der Waals surface area contributed by atoms with Gasteiger partial charge in [-0.05, 0) is 17.8 Å². The highest BCUT2D eigenvalue weighted by atomic mass is 16.3. The van der Waals surface area contributed by atoms with E-state index in [4.69, 9.17) is 5.11 Å². The topological polar surface area (TPSA) is 40.5 Å². The Bertz CT molecular complexity index is 244. The van der Waals surface area contributed by atoms with Gasteiger partial charge in [0, 0.05) is 19.0 Å². The normalized spacial score (nSPS) is 22.5. The van der Waals surface area contributed by atoms with E-state index in [9.17, 15) is 4.79 Å². The van der Waals surface area contributed by atoms with Crippen molar-refractivity contribution < 1.29 is 9.90 Å². The molecule has 0 aromatic heterocycles. The van der Waals surface area contributed by atoms with E-state index in [1.165, 1.54) is 0 Å². The van der Waals surface area contributed by atoms with Gasteiger partial charge >= 0.3 is 0 Å². The molecule has 1 rings (SSSR count). The fourth-order valence-corrected chi connectivity index (χ4v) is 2.54. The third-order valence-electron chi connectivity index (χ3n) is 4.33. The summed E-state index contributed by atoms with van der Waals surface area (Å²) in [5.41, 5.74) is 0.180. The van der Waals surface area contributed by atoms with Gasteiger partial charge in [-0.25, -0.2) is 0 Å². The Morgan fingerprint density at radius 2 is 1.73 bits per heavy atom. The van der Waals surface area contributed by atoms with E-state index in [1.807, 2.05) is 6.92 Å². The second-order valence-electron chi connectivity index (χ2n) is 5.52. The van der Waals surface area contributed by atoms with Gasteiger partial charge in [0.15, 0.2) is 0 Å². The lowest BCUT2D eigenvalue weighted by atomic mass is 10.0. The third kappa shape index (κ3) is 1.78. The molecule has 1 aliphatic rings. The molecule has 0 radical (unpaired) electrons. The molecule has 0 unspecified atom stereocenters. The van der Waals surface area contributed by atoms with Gasteiger partial charge in [-0.3, -0.25) is 4.79 Å². The smallest absolute Gasteiger partial charge is 0.226 e. The van der Waals surface area contributed by atoms with Crippen LogP contribution < -0.4 is 0 Å². The van der Waals surface area contributed by atoms with Crippen LogP contribution in [0.15, 0.2) is 0 Å². The number of hydrogen-bond donors (Lipinski definition) is 1. The minimum atomic E-state index is 0.0488. The molecule has 1 aliphatic carbocycles. The third-order valence-corrected chi connectivity index (χ3v) is 4.33. The van der Waals surface area contributed by atoms with Gasteiger partial charge in [-0.2, -0.15) is 0 Å². The zero-order valence-electron chi connectivity index (χ0n) is 10.5. The number of carbonyl (C=O) groups excluding carboxylic acids is 1. The SMILES string of the molecule is CCN(CCO)C(=O)C1C(C)(C)C1(C)C. The molecule has 0 saturated heterocycles. The van der Waals surface area contributed by atoms with Crippen molar-refractivity contribution >= 4 is 5.91 Å². The monoisotopic (exact) mass is 213 g/mol. The molecule has 3 heteroatoms. The zero-order valence-corrected chi connectivity index (χ0v) is 10.5. The fraction of sp³-hybridized carbons (Fsp3) is 0.917. The van der Waals surface area contributed by atoms with Crippen molar-refractivity contribution in [1.82, 2.24) is 4.90 Å². The van der Waals surface area contributed by atoms with E-state index in [0.29, 0.717) is 13.1 Å². The van der Waals surface area contributed by atoms with Crippen LogP contribution in [0.3, 0.4) is 0 Å². The van der Waals surface area contributed by atoms with Crippen molar-refractivity contribution in [3.8, 4) is 0 Å². The first kappa shape index (κ1) is 12.5. The molecule has 0 bridgehead atoms. The Labute approximate surface area is 92.5 Å². The molecule has 0 heterocycles. The largest absolute Gasteiger partial charge is 0.395 e. The van der Waals surface area contributed by atoms with Crippen LogP contribution in [0, 0.1) is 16.7 Å². The predicted octanol–water partition coefficient (Wildman–Crippen LogP) is 1.51. The number of amides is 1. The van der Waals surface area contributed by atoms with Crippen LogP contribution in [0.2, 0.25) is 0 Å². The molecule has 3 nitrogen and oxygen atoms in total. The summed E-state index contributed by atoms with van der Waals surface area (Å²) < 4.78 is 0. The van der Waals surface area contributed by atoms with Gasteiger partial charge < -0.3 is 10.0 Å². The lowest BCUT2D eigenvalue weighted by Gasteiger charge is -2.20. The second kappa shape index (κ2) is 3.78. The van der Waals surface area contributed by atoms with Gasteiger partial charge in [0.25, 0.3) is 0 Å². The van der Waals surface area contributed by atoms with Crippen molar-refractivity contribution in [2.24, 2.45) is 16.7 Å². The molecule has 88 valence electrons. The quantitative estimate of drug-likeness (QED) is 0.769. The Morgan fingerprint density at radius 3 is 2.00 bits per heavy atom. The van der Waals surface area contributed by atoms with Crippen molar-refractivity contribution in [2.75, 3.05) is 19.7 Å². The summed E-state index contributed by atoms with van der Waals surface area (Å²) in [5.74, 6) is 0.304. The van der Waals surface area contributed by atoms with Crippen molar-refractivity contribution in [2.45, 2.75) is 34.6 Å². The summed E-state index contributed by atoms with van der Waals surface area (Å²) >= 11 is 0. The molecule has 15 heavy (non-hydrogen) atoms. The summed E-state index contributed by atoms with van der Waals surface area (Å²) in [4.78, 5) is 13.9. The van der Waals surface area contributed by atoms with Crippen LogP contribution >= 0.6 is 0 Å². The van der Waals surface area contributed by atoms with Crippen LogP contribution in [0.25, 0.3) is 0 Å². The van der Waals surface area contributed by atoms with Crippen LogP contribution in [-0.4, -0.2) is 35.6 Å². The van der Waals surface area contributed by atoms with Crippen molar-refractivity contribution in [3.63, 3.8) is 0 Å². The minimum Gasteiger partial charge on any atom is -0.395 e. The number of carbonyl (C=O) groups is 1. The van der Waals surface area contributed by atoms with Crippen LogP contribution in [0.5, 0.6) is 0 Å². The van der Waals surface area contributed by atoms with E-state index in [-0.39, 0.29) is 29.3 Å². The molecule has 1 amide bonds. The maximum atomic E-state index is 12.2. The predicted molar refractivity (Wildman–Crippen MR) is 60.4 cm³/mol. The Hall–Kier alpha value is -0.570. The van der Waals surface area contributed by atoms with E-state index in [1.54, 1.807) is 4.90 Å². The average molecular weight is 213 g/mol. The van der Waals surface area contributed by atoms with Crippen LogP contribution in [-0.2, 0) is 4.79 Å². The molecule has 0 aromatic rings. The molecular formula is C12H23NO2. The Balaban J connectivity index is 2.71. The number of rotatable bonds is 4. The molecule has 0 aromatic carbocycles. The van der Waals surface area contributed by atoms with Gasteiger partial charge in [-0.15, -0.1) is 0 Å². The average Bonchev–Trinajstić information content (AvgIpc) is 2.52. The Morgan fingerprint density at radius 1 is 1.27 bits per heavy atom. The second-order valence-corrected chi connectivity index (χ2v) is 5.52. The minimum absolute atomic E-state index is 0.0488. The van der Waals surface area contributed by atoms with Gasteiger partial charge in [0.1, 0.15) is 0 Å². The van der Waals surface area contributed by atoms with Gasteiger partial charge in [0.2, 0.25) is 5.91 Å². The maximum Gasteiger partial charge on any atom is 0.226 e. The summed E-state index contributed by atoms with van der Waals surface area (Å²) in [6.07, 6.45) is 0. The van der Waals surface area contributed by atoms with Crippen LogP contribution in [0.4, 0.5) is 0 Å². The number of hydrogen-bond acceptors (Lipinski definition) is 2. The number of aliphatic hydroxyl groups excluding tert-OH is 1. The maximum absolute atomic E-state index is 12.2. The van der Waals surface area contributed by atoms with Crippen LogP contribution in [0.1, 0.15) is 34.6 Å². The number of aliphatic hydroxyl groups is 1. The fourth-order valence-electron chi connectivity index (χ4n) is 2.54. The summed E-state index contributed by atoms with van der Waals surface area (Å²) in [5, 5.41) is 8.89. The highest BCUT2D eigenvalue weighted by Crippen LogP contribution is 2.68. The molecule has 0 atom stereocenters. The van der Waals surface area contributed by atoms with Gasteiger partial charge in [-0.1, -0.05) is 27.7 Å².